The molecule has 10 heteroatoms. The van der Waals surface area contributed by atoms with Crippen LogP contribution < -0.4 is 29.6 Å². The van der Waals surface area contributed by atoms with Gasteiger partial charge < -0.3 is 21.9 Å². The fourth-order valence-corrected chi connectivity index (χ4v) is 0.714. The van der Waals surface area contributed by atoms with E-state index in [0.29, 0.717) is 0 Å². The van der Waals surface area contributed by atoms with Crippen LogP contribution in [0.1, 0.15) is 14.3 Å². The van der Waals surface area contributed by atoms with Gasteiger partial charge in [-0.15, -0.1) is 12.4 Å². The molecule has 0 aromatic rings. The molecule has 0 rings (SSSR count). The second-order valence-electron chi connectivity index (χ2n) is 2.48. The maximum atomic E-state index is 10.3. The molecule has 0 aliphatic carbocycles. The number of carboxylic acids is 3. The Kier molecular flexibility index (Phi) is 16.7. The van der Waals surface area contributed by atoms with Crippen LogP contribution in [0.4, 0.5) is 0 Å². The van der Waals surface area contributed by atoms with E-state index in [1.165, 1.54) is 0 Å². The van der Waals surface area contributed by atoms with Crippen molar-refractivity contribution < 1.29 is 88.2 Å². The van der Waals surface area contributed by atoms with Crippen molar-refractivity contribution in [3.8, 4) is 0 Å². The van der Waals surface area contributed by atoms with E-state index in [1.54, 1.807) is 0 Å². The van der Waals surface area contributed by atoms with Gasteiger partial charge in [0, 0.05) is 22.4 Å². The summed E-state index contributed by atoms with van der Waals surface area (Å²) < 4.78 is 0. The van der Waals surface area contributed by atoms with Gasteiger partial charge in [-0.25, -0.2) is 4.79 Å². The van der Waals surface area contributed by atoms with Crippen LogP contribution >= 0.6 is 12.4 Å². The maximum absolute atomic E-state index is 10.3. The molecule has 0 aliphatic rings. The van der Waals surface area contributed by atoms with E-state index in [9.17, 15) is 14.4 Å². The Bertz CT molecular complexity index is 249. The molecule has 0 fully saturated rings. The summed E-state index contributed by atoms with van der Waals surface area (Å²) in [4.78, 5) is 30.5. The first-order chi connectivity index (χ1) is 5.78. The van der Waals surface area contributed by atoms with Crippen LogP contribution in [0, 0.1) is 0 Å². The summed E-state index contributed by atoms with van der Waals surface area (Å²) in [6, 6.07) is 0. The van der Waals surface area contributed by atoms with Crippen molar-refractivity contribution >= 4 is 30.3 Å². The zero-order valence-electron chi connectivity index (χ0n) is 9.14. The predicted octanol–water partition coefficient (Wildman–Crippen LogP) is -3.71. The zero-order valence-corrected chi connectivity index (χ0v) is 13.1. The number of rotatable bonds is 5. The molecule has 4 N–H and O–H groups in total. The third-order valence-corrected chi connectivity index (χ3v) is 1.29. The van der Waals surface area contributed by atoms with Gasteiger partial charge in [0.1, 0.15) is 0 Å². The van der Waals surface area contributed by atoms with Crippen molar-refractivity contribution in [1.82, 2.24) is 0 Å². The molecule has 0 aromatic carbocycles. The summed E-state index contributed by atoms with van der Waals surface area (Å²) in [7, 11) is 0. The first-order valence-electron chi connectivity index (χ1n) is 3.17. The van der Waals surface area contributed by atoms with Crippen molar-refractivity contribution in [2.24, 2.45) is 0 Å². The average molecular weight is 450 g/mol. The van der Waals surface area contributed by atoms with E-state index in [1.807, 2.05) is 0 Å². The van der Waals surface area contributed by atoms with Crippen molar-refractivity contribution in [3.05, 3.63) is 0 Å². The Hall–Kier alpha value is 0.400. The molecule has 0 aliphatic heterocycles. The molecule has 0 saturated heterocycles. The van der Waals surface area contributed by atoms with Crippen molar-refractivity contribution in [3.63, 3.8) is 0 Å². The van der Waals surface area contributed by atoms with Crippen LogP contribution in [0.2, 0.25) is 0 Å². The number of aliphatic carboxylic acids is 3. The molecule has 0 saturated carbocycles. The average Bonchev–Trinajstić information content (AvgIpc) is 1.82. The topological polar surface area (TPSA) is 132 Å². The predicted molar refractivity (Wildman–Crippen MR) is 45.5 cm³/mol. The second-order valence-corrected chi connectivity index (χ2v) is 2.48. The van der Waals surface area contributed by atoms with Crippen LogP contribution in [0.5, 0.6) is 0 Å². The molecular weight excluding hydrogens is 439 g/mol. The van der Waals surface area contributed by atoms with Gasteiger partial charge in [-0.2, -0.15) is 0 Å². The van der Waals surface area contributed by atoms with Crippen LogP contribution in [0.25, 0.3) is 0 Å². The maximum Gasteiger partial charge on any atom is 1.00 e. The van der Waals surface area contributed by atoms with Crippen LogP contribution in [-0.2, 0) is 36.8 Å². The van der Waals surface area contributed by atoms with Crippen molar-refractivity contribution in [1.29, 1.82) is 0 Å². The Morgan fingerprint density at radius 1 is 1.00 bits per heavy atom. The molecule has 0 spiro atoms. The largest absolute Gasteiger partial charge is 1.00 e. The molecule has 0 atom stereocenters. The van der Waals surface area contributed by atoms with Gasteiger partial charge in [0.25, 0.3) is 0 Å². The Balaban J connectivity index is -0.000000120. The summed E-state index contributed by atoms with van der Waals surface area (Å²) >= 11 is 0. The normalized spacial score (nSPS) is 8.81. The summed E-state index contributed by atoms with van der Waals surface area (Å²) in [5.41, 5.74) is -2.74. The fraction of sp³-hybridized carbons (Fsp3) is 0.500. The van der Waals surface area contributed by atoms with Gasteiger partial charge in [0.2, 0.25) is 0 Å². The van der Waals surface area contributed by atoms with E-state index in [-0.39, 0.29) is 65.8 Å². The minimum atomic E-state index is -2.74. The molecule has 0 aromatic heterocycles. The van der Waals surface area contributed by atoms with Crippen molar-refractivity contribution in [2.75, 3.05) is 0 Å². The van der Waals surface area contributed by atoms with E-state index < -0.39 is 36.4 Å². The Morgan fingerprint density at radius 3 is 1.38 bits per heavy atom. The van der Waals surface area contributed by atoms with E-state index in [0.717, 1.165) is 0 Å². The first-order valence-corrected chi connectivity index (χ1v) is 3.17. The minimum Gasteiger partial charge on any atom is -1.00 e. The van der Waals surface area contributed by atoms with Crippen LogP contribution in [-0.4, -0.2) is 43.9 Å². The third-order valence-electron chi connectivity index (χ3n) is 1.29. The summed E-state index contributed by atoms with van der Waals surface area (Å²) in [6.45, 7) is 0. The van der Waals surface area contributed by atoms with E-state index >= 15 is 0 Å². The molecule has 0 unspecified atom stereocenters. The zero-order chi connectivity index (χ0) is 10.6. The summed E-state index contributed by atoms with van der Waals surface area (Å²) in [5.74, 6) is -5.02. The monoisotopic (exact) mass is 449 g/mol. The smallest absolute Gasteiger partial charge is 1.00 e. The standard InChI is InChI=1S/C6H8O7.Au.ClH.Na.H/c7-3(8)1-6(13,5(11)12)2-4(9)10;;;;/h13H,1-2H2,(H,7,8)(H,9,10)(H,11,12);;1H;;/q;;;+1;-1. The van der Waals surface area contributed by atoms with Gasteiger partial charge in [0.15, 0.2) is 5.60 Å². The molecule has 0 amide bonds. The molecule has 7 nitrogen and oxygen atoms in total. The van der Waals surface area contributed by atoms with Crippen LogP contribution in [0.3, 0.4) is 0 Å². The second kappa shape index (κ2) is 10.5. The SMILES string of the molecule is Cl.O=C(O)CC(O)(CC(=O)O)C(=O)O.[Au].[H-].[Na+]. The number of hydrogen-bond donors (Lipinski definition) is 4. The van der Waals surface area contributed by atoms with Crippen LogP contribution in [0.15, 0.2) is 0 Å². The molecule has 0 bridgehead atoms. The number of halogens is 1. The molecule has 95 valence electrons. The van der Waals surface area contributed by atoms with Crippen molar-refractivity contribution in [2.45, 2.75) is 18.4 Å². The number of carbonyl (C=O) groups is 3. The van der Waals surface area contributed by atoms with E-state index in [2.05, 4.69) is 0 Å². The van der Waals surface area contributed by atoms with Gasteiger partial charge in [0.05, 0.1) is 12.8 Å². The van der Waals surface area contributed by atoms with Gasteiger partial charge in [-0.1, -0.05) is 0 Å². The molecule has 0 heterocycles. The Morgan fingerprint density at radius 2 is 1.25 bits per heavy atom. The molecule has 1 radical (unpaired) electrons. The number of hydrogen-bond acceptors (Lipinski definition) is 4. The van der Waals surface area contributed by atoms with Gasteiger partial charge >= 0.3 is 47.5 Å². The fourth-order valence-electron chi connectivity index (χ4n) is 0.714. The van der Waals surface area contributed by atoms with E-state index in [4.69, 9.17) is 20.4 Å². The summed E-state index contributed by atoms with van der Waals surface area (Å²) in [5, 5.41) is 33.8. The Labute approximate surface area is 136 Å². The molecule has 16 heavy (non-hydrogen) atoms. The summed E-state index contributed by atoms with van der Waals surface area (Å²) in [6.07, 6.45) is -2.29. The van der Waals surface area contributed by atoms with Gasteiger partial charge in [-0.05, 0) is 0 Å². The quantitative estimate of drug-likeness (QED) is 0.318. The molecular formula is C6H10AuClNaO7. The number of aliphatic hydroxyl groups is 1. The first kappa shape index (κ1) is 25.3. The van der Waals surface area contributed by atoms with Gasteiger partial charge in [-0.3, -0.25) is 9.59 Å². The number of carboxylic acid groups (broad SMARTS) is 3. The third kappa shape index (κ3) is 9.61. The minimum absolute atomic E-state index is 0.